The molecule has 0 radical (unpaired) electrons. The number of aromatic hydroxyl groups is 1. The summed E-state index contributed by atoms with van der Waals surface area (Å²) in [5, 5.41) is 21.0. The Kier molecular flexibility index (Phi) is 5.06. The van der Waals surface area contributed by atoms with Crippen LogP contribution in [-0.2, 0) is 9.59 Å². The number of hydrogen-bond acceptors (Lipinski definition) is 4. The van der Waals surface area contributed by atoms with E-state index in [2.05, 4.69) is 0 Å². The lowest BCUT2D eigenvalue weighted by Gasteiger charge is -2.26. The van der Waals surface area contributed by atoms with Gasteiger partial charge in [0.15, 0.2) is 0 Å². The smallest absolute Gasteiger partial charge is 0.300 e. The van der Waals surface area contributed by atoms with Crippen LogP contribution in [-0.4, -0.2) is 21.9 Å². The normalized spacial score (nSPS) is 18.1. The van der Waals surface area contributed by atoms with Gasteiger partial charge in [0.05, 0.1) is 11.6 Å². The number of aryl methyl sites for hydroxylation is 1. The molecule has 5 nitrogen and oxygen atoms in total. The fourth-order valence-corrected chi connectivity index (χ4v) is 3.81. The van der Waals surface area contributed by atoms with Crippen LogP contribution in [0.25, 0.3) is 5.76 Å². The number of carbonyl (C=O) groups is 2. The predicted molar refractivity (Wildman–Crippen MR) is 116 cm³/mol. The molecule has 0 spiro atoms. The highest BCUT2D eigenvalue weighted by Crippen LogP contribution is 2.44. The Balaban J connectivity index is 1.96. The van der Waals surface area contributed by atoms with Gasteiger partial charge in [-0.3, -0.25) is 14.5 Å². The second-order valence-corrected chi connectivity index (χ2v) is 7.48. The van der Waals surface area contributed by atoms with Gasteiger partial charge >= 0.3 is 0 Å². The molecule has 1 aliphatic heterocycles. The zero-order valence-electron chi connectivity index (χ0n) is 16.0. The van der Waals surface area contributed by atoms with E-state index in [4.69, 9.17) is 11.6 Å². The molecule has 0 aliphatic carbocycles. The van der Waals surface area contributed by atoms with E-state index in [0.717, 1.165) is 5.56 Å². The summed E-state index contributed by atoms with van der Waals surface area (Å²) in [6.07, 6.45) is 0. The van der Waals surface area contributed by atoms with Crippen molar-refractivity contribution in [1.29, 1.82) is 0 Å². The fourth-order valence-electron chi connectivity index (χ4n) is 3.57. The van der Waals surface area contributed by atoms with Gasteiger partial charge in [-0.25, -0.2) is 0 Å². The summed E-state index contributed by atoms with van der Waals surface area (Å²) in [5.41, 5.74) is 2.31. The quantitative estimate of drug-likeness (QED) is 0.356. The number of ketones is 1. The Morgan fingerprint density at radius 3 is 2.20 bits per heavy atom. The highest BCUT2D eigenvalue weighted by Gasteiger charge is 2.47. The monoisotopic (exact) mass is 419 g/mol. The summed E-state index contributed by atoms with van der Waals surface area (Å²) in [6.45, 7) is 1.91. The van der Waals surface area contributed by atoms with E-state index < -0.39 is 17.7 Å². The molecular formula is C24H18ClNO4. The molecule has 1 saturated heterocycles. The maximum atomic E-state index is 13.0. The van der Waals surface area contributed by atoms with Crippen LogP contribution in [0.2, 0.25) is 5.02 Å². The van der Waals surface area contributed by atoms with Gasteiger partial charge in [-0.15, -0.1) is 0 Å². The number of rotatable bonds is 3. The van der Waals surface area contributed by atoms with Gasteiger partial charge in [-0.1, -0.05) is 59.6 Å². The van der Waals surface area contributed by atoms with Crippen molar-refractivity contribution in [3.63, 3.8) is 0 Å². The highest BCUT2D eigenvalue weighted by molar-refractivity contribution is 6.52. The molecule has 1 atom stereocenters. The van der Waals surface area contributed by atoms with Crippen LogP contribution in [0.5, 0.6) is 5.75 Å². The van der Waals surface area contributed by atoms with Crippen LogP contribution in [0.3, 0.4) is 0 Å². The number of nitrogens with zero attached hydrogens (tertiary/aromatic N) is 1. The summed E-state index contributed by atoms with van der Waals surface area (Å²) < 4.78 is 0. The van der Waals surface area contributed by atoms with E-state index in [9.17, 15) is 19.8 Å². The number of phenols is 1. The molecule has 1 fully saturated rings. The third-order valence-corrected chi connectivity index (χ3v) is 5.44. The molecule has 150 valence electrons. The number of phenolic OH excluding ortho intramolecular Hbond substituents is 1. The molecule has 1 aliphatic rings. The van der Waals surface area contributed by atoms with Crippen molar-refractivity contribution < 1.29 is 19.8 Å². The van der Waals surface area contributed by atoms with Crippen molar-refractivity contribution in [1.82, 2.24) is 0 Å². The highest BCUT2D eigenvalue weighted by atomic mass is 35.5. The molecule has 1 amide bonds. The molecule has 0 bridgehead atoms. The van der Waals surface area contributed by atoms with E-state index in [1.165, 1.54) is 29.2 Å². The van der Waals surface area contributed by atoms with Gasteiger partial charge in [0.25, 0.3) is 11.7 Å². The van der Waals surface area contributed by atoms with Crippen molar-refractivity contribution in [2.75, 3.05) is 4.90 Å². The van der Waals surface area contributed by atoms with Crippen LogP contribution >= 0.6 is 11.6 Å². The molecule has 1 unspecified atom stereocenters. The SMILES string of the molecule is Cc1ccc(C(O)=C2C(=O)C(=O)N(c3ccc(O)cc3)C2c2ccccc2Cl)cc1. The number of anilines is 1. The Labute approximate surface area is 178 Å². The maximum absolute atomic E-state index is 13.0. The fraction of sp³-hybridized carbons (Fsp3) is 0.0833. The minimum absolute atomic E-state index is 0.0317. The lowest BCUT2D eigenvalue weighted by atomic mass is 9.95. The maximum Gasteiger partial charge on any atom is 0.300 e. The average molecular weight is 420 g/mol. The molecule has 0 saturated carbocycles. The molecule has 4 rings (SSSR count). The first-order valence-corrected chi connectivity index (χ1v) is 9.68. The average Bonchev–Trinajstić information content (AvgIpc) is 3.00. The van der Waals surface area contributed by atoms with Crippen molar-refractivity contribution in [2.45, 2.75) is 13.0 Å². The van der Waals surface area contributed by atoms with Gasteiger partial charge in [-0.05, 0) is 42.8 Å². The van der Waals surface area contributed by atoms with Gasteiger partial charge in [0.2, 0.25) is 0 Å². The molecule has 3 aromatic carbocycles. The second kappa shape index (κ2) is 7.69. The second-order valence-electron chi connectivity index (χ2n) is 7.07. The third kappa shape index (κ3) is 3.33. The van der Waals surface area contributed by atoms with Crippen molar-refractivity contribution >= 4 is 34.7 Å². The van der Waals surface area contributed by atoms with Gasteiger partial charge in [-0.2, -0.15) is 0 Å². The number of aliphatic hydroxyl groups is 1. The van der Waals surface area contributed by atoms with Gasteiger partial charge in [0, 0.05) is 16.3 Å². The van der Waals surface area contributed by atoms with E-state index in [-0.39, 0.29) is 17.1 Å². The molecule has 3 aromatic rings. The first-order valence-electron chi connectivity index (χ1n) is 9.30. The molecule has 6 heteroatoms. The molecular weight excluding hydrogens is 402 g/mol. The summed E-state index contributed by atoms with van der Waals surface area (Å²) >= 11 is 6.42. The minimum Gasteiger partial charge on any atom is -0.508 e. The Bertz CT molecular complexity index is 1170. The lowest BCUT2D eigenvalue weighted by molar-refractivity contribution is -0.132. The number of benzene rings is 3. The summed E-state index contributed by atoms with van der Waals surface area (Å²) in [7, 11) is 0. The summed E-state index contributed by atoms with van der Waals surface area (Å²) in [4.78, 5) is 27.3. The van der Waals surface area contributed by atoms with Crippen molar-refractivity contribution in [2.24, 2.45) is 0 Å². The first-order chi connectivity index (χ1) is 14.4. The molecule has 30 heavy (non-hydrogen) atoms. The topological polar surface area (TPSA) is 77.8 Å². The van der Waals surface area contributed by atoms with E-state index in [1.807, 2.05) is 19.1 Å². The third-order valence-electron chi connectivity index (χ3n) is 5.10. The minimum atomic E-state index is -0.912. The van der Waals surface area contributed by atoms with Crippen molar-refractivity contribution in [3.05, 3.63) is 100 Å². The zero-order valence-corrected chi connectivity index (χ0v) is 16.8. The van der Waals surface area contributed by atoms with E-state index in [1.54, 1.807) is 36.4 Å². The number of aliphatic hydroxyl groups excluding tert-OH is 1. The van der Waals surface area contributed by atoms with Crippen LogP contribution in [0, 0.1) is 6.92 Å². The predicted octanol–water partition coefficient (Wildman–Crippen LogP) is 4.98. The number of carbonyl (C=O) groups excluding carboxylic acids is 2. The first kappa shape index (κ1) is 19.7. The number of amides is 1. The Morgan fingerprint density at radius 2 is 1.57 bits per heavy atom. The van der Waals surface area contributed by atoms with E-state index in [0.29, 0.717) is 21.8 Å². The summed E-state index contributed by atoms with van der Waals surface area (Å²) in [5.74, 6) is -1.81. The summed E-state index contributed by atoms with van der Waals surface area (Å²) in [6, 6.07) is 18.9. The van der Waals surface area contributed by atoms with E-state index >= 15 is 0 Å². The number of hydrogen-bond donors (Lipinski definition) is 2. The Hall–Kier alpha value is -3.57. The molecule has 1 heterocycles. The standard InChI is InChI=1S/C24H18ClNO4/c1-14-6-8-15(9-7-14)22(28)20-21(18-4-2-3-5-19(18)25)26(24(30)23(20)29)16-10-12-17(27)13-11-16/h2-13,21,27-28H,1H3. The van der Waals surface area contributed by atoms with Gasteiger partial charge < -0.3 is 10.2 Å². The largest absolute Gasteiger partial charge is 0.508 e. The van der Waals surface area contributed by atoms with Crippen LogP contribution in [0.15, 0.2) is 78.4 Å². The zero-order chi connectivity index (χ0) is 21.4. The lowest BCUT2D eigenvalue weighted by Crippen LogP contribution is -2.29. The van der Waals surface area contributed by atoms with Crippen LogP contribution in [0.4, 0.5) is 5.69 Å². The Morgan fingerprint density at radius 1 is 0.933 bits per heavy atom. The molecule has 0 aromatic heterocycles. The van der Waals surface area contributed by atoms with Gasteiger partial charge in [0.1, 0.15) is 11.5 Å². The molecule has 2 N–H and O–H groups in total. The van der Waals surface area contributed by atoms with Crippen molar-refractivity contribution in [3.8, 4) is 5.75 Å². The number of halogens is 1. The number of Topliss-reactive ketones (excluding diaryl/α,β-unsaturated/α-hetero) is 1. The van der Waals surface area contributed by atoms with Crippen LogP contribution < -0.4 is 4.90 Å². The van der Waals surface area contributed by atoms with Crippen LogP contribution in [0.1, 0.15) is 22.7 Å².